The van der Waals surface area contributed by atoms with Crippen LogP contribution >= 0.6 is 11.6 Å². The lowest BCUT2D eigenvalue weighted by atomic mass is 9.97. The van der Waals surface area contributed by atoms with E-state index in [1.165, 1.54) is 11.1 Å². The summed E-state index contributed by atoms with van der Waals surface area (Å²) in [5.74, 6) is 2.51. The van der Waals surface area contributed by atoms with Crippen molar-refractivity contribution >= 4 is 23.3 Å². The molecule has 5 rings (SSSR count). The first-order valence-electron chi connectivity index (χ1n) is 10.9. The first-order valence-corrected chi connectivity index (χ1v) is 11.2. The Kier molecular flexibility index (Phi) is 5.78. The molecule has 3 aliphatic rings. The standard InChI is InChI=1S/C23H27ClN6O/c24-18-3-1-16(2-4-18)11-20-15-31-21-13-26-8-5-17(21)14-30(20)19-6-9-29(10-7-19)23-12-22(25)27-28-23/h1-5,8,13,19-20H,6-7,9-12,14-15H2,(H2,25,27)/t20-/m0/s1. The number of pyridine rings is 1. The second kappa shape index (κ2) is 8.85. The molecule has 31 heavy (non-hydrogen) atoms. The normalized spacial score (nSPS) is 22.4. The van der Waals surface area contributed by atoms with Crippen LogP contribution in [-0.2, 0) is 13.0 Å². The van der Waals surface area contributed by atoms with Gasteiger partial charge in [-0.1, -0.05) is 23.7 Å². The van der Waals surface area contributed by atoms with Crippen LogP contribution in [0.2, 0.25) is 5.02 Å². The molecule has 8 heteroatoms. The van der Waals surface area contributed by atoms with Crippen LogP contribution in [0.15, 0.2) is 52.9 Å². The van der Waals surface area contributed by atoms with E-state index >= 15 is 0 Å². The number of fused-ring (bicyclic) bond motifs is 1. The molecule has 0 bridgehead atoms. The molecule has 0 unspecified atom stereocenters. The summed E-state index contributed by atoms with van der Waals surface area (Å²) < 4.78 is 6.20. The first kappa shape index (κ1) is 20.3. The molecule has 3 aliphatic heterocycles. The number of aromatic nitrogens is 1. The van der Waals surface area contributed by atoms with Crippen molar-refractivity contribution in [2.75, 3.05) is 19.7 Å². The highest BCUT2D eigenvalue weighted by atomic mass is 35.5. The summed E-state index contributed by atoms with van der Waals surface area (Å²) in [6.45, 7) is 3.47. The molecule has 0 saturated carbocycles. The number of rotatable bonds is 3. The molecule has 0 amide bonds. The maximum absolute atomic E-state index is 6.20. The SMILES string of the molecule is NC1=NN=C(N2CCC(N3Cc4ccncc4OC[C@@H]3Cc3ccc(Cl)cc3)CC2)C1. The zero-order valence-corrected chi connectivity index (χ0v) is 18.2. The van der Waals surface area contributed by atoms with E-state index in [2.05, 4.69) is 43.2 Å². The number of halogens is 1. The van der Waals surface area contributed by atoms with Gasteiger partial charge in [0.15, 0.2) is 0 Å². The quantitative estimate of drug-likeness (QED) is 0.796. The smallest absolute Gasteiger partial charge is 0.142 e. The van der Waals surface area contributed by atoms with Crippen LogP contribution in [0.3, 0.4) is 0 Å². The average molecular weight is 439 g/mol. The van der Waals surface area contributed by atoms with E-state index in [0.29, 0.717) is 24.9 Å². The number of benzene rings is 1. The van der Waals surface area contributed by atoms with Gasteiger partial charge in [-0.25, -0.2) is 0 Å². The molecule has 2 aromatic rings. The minimum absolute atomic E-state index is 0.285. The zero-order chi connectivity index (χ0) is 21.2. The molecule has 1 aromatic carbocycles. The summed E-state index contributed by atoms with van der Waals surface area (Å²) in [6.07, 6.45) is 7.44. The summed E-state index contributed by atoms with van der Waals surface area (Å²) in [6, 6.07) is 11.0. The van der Waals surface area contributed by atoms with Crippen molar-refractivity contribution in [3.8, 4) is 5.75 Å². The highest BCUT2D eigenvalue weighted by Gasteiger charge is 2.34. The monoisotopic (exact) mass is 438 g/mol. The number of amidine groups is 2. The summed E-state index contributed by atoms with van der Waals surface area (Å²) in [5, 5.41) is 9.02. The molecule has 1 aromatic heterocycles. The molecule has 1 atom stereocenters. The van der Waals surface area contributed by atoms with Crippen molar-refractivity contribution in [1.82, 2.24) is 14.8 Å². The van der Waals surface area contributed by atoms with E-state index in [-0.39, 0.29) is 6.04 Å². The Hall–Kier alpha value is -2.64. The second-order valence-electron chi connectivity index (χ2n) is 8.45. The Labute approximate surface area is 187 Å². The molecule has 7 nitrogen and oxygen atoms in total. The summed E-state index contributed by atoms with van der Waals surface area (Å²) in [4.78, 5) is 9.23. The third-order valence-electron chi connectivity index (χ3n) is 6.44. The Balaban J connectivity index is 1.33. The van der Waals surface area contributed by atoms with Gasteiger partial charge in [0.2, 0.25) is 0 Å². The van der Waals surface area contributed by atoms with Crippen molar-refractivity contribution in [3.63, 3.8) is 0 Å². The highest BCUT2D eigenvalue weighted by Crippen LogP contribution is 2.30. The van der Waals surface area contributed by atoms with Gasteiger partial charge in [-0.15, -0.1) is 10.2 Å². The van der Waals surface area contributed by atoms with E-state index < -0.39 is 0 Å². The van der Waals surface area contributed by atoms with Crippen LogP contribution < -0.4 is 10.5 Å². The lowest BCUT2D eigenvalue weighted by Crippen LogP contribution is -2.51. The van der Waals surface area contributed by atoms with Crippen LogP contribution in [-0.4, -0.2) is 58.2 Å². The number of hydrogen-bond acceptors (Lipinski definition) is 7. The summed E-state index contributed by atoms with van der Waals surface area (Å²) in [5.41, 5.74) is 8.29. The number of piperidine rings is 1. The lowest BCUT2D eigenvalue weighted by molar-refractivity contribution is 0.0670. The van der Waals surface area contributed by atoms with Gasteiger partial charge in [-0.2, -0.15) is 0 Å². The van der Waals surface area contributed by atoms with E-state index in [4.69, 9.17) is 22.1 Å². The van der Waals surface area contributed by atoms with Crippen molar-refractivity contribution in [2.45, 2.75) is 44.3 Å². The predicted octanol–water partition coefficient (Wildman–Crippen LogP) is 3.08. The van der Waals surface area contributed by atoms with Crippen LogP contribution in [0.5, 0.6) is 5.75 Å². The maximum Gasteiger partial charge on any atom is 0.142 e. The highest BCUT2D eigenvalue weighted by molar-refractivity contribution is 6.30. The molecular formula is C23H27ClN6O. The van der Waals surface area contributed by atoms with Gasteiger partial charge < -0.3 is 15.4 Å². The molecule has 0 spiro atoms. The molecule has 0 aliphatic carbocycles. The van der Waals surface area contributed by atoms with Crippen LogP contribution in [0.1, 0.15) is 30.4 Å². The van der Waals surface area contributed by atoms with E-state index in [1.54, 1.807) is 0 Å². The van der Waals surface area contributed by atoms with Gasteiger partial charge in [0.05, 0.1) is 12.6 Å². The van der Waals surface area contributed by atoms with E-state index in [9.17, 15) is 0 Å². The first-order chi connectivity index (χ1) is 15.2. The van der Waals surface area contributed by atoms with Crippen molar-refractivity contribution in [2.24, 2.45) is 15.9 Å². The number of nitrogens with zero attached hydrogens (tertiary/aromatic N) is 5. The van der Waals surface area contributed by atoms with Crippen LogP contribution in [0.25, 0.3) is 0 Å². The zero-order valence-electron chi connectivity index (χ0n) is 17.5. The van der Waals surface area contributed by atoms with Gasteiger partial charge in [0.25, 0.3) is 0 Å². The average Bonchev–Trinajstić information content (AvgIpc) is 3.15. The molecule has 1 saturated heterocycles. The Bertz CT molecular complexity index is 984. The fraction of sp³-hybridized carbons (Fsp3) is 0.435. The van der Waals surface area contributed by atoms with Gasteiger partial charge >= 0.3 is 0 Å². The summed E-state index contributed by atoms with van der Waals surface area (Å²) in [7, 11) is 0. The minimum Gasteiger partial charge on any atom is -0.490 e. The number of likely N-dealkylation sites (tertiary alicyclic amines) is 1. The van der Waals surface area contributed by atoms with E-state index in [1.807, 2.05) is 24.5 Å². The molecule has 4 heterocycles. The molecule has 1 fully saturated rings. The summed E-state index contributed by atoms with van der Waals surface area (Å²) >= 11 is 6.10. The lowest BCUT2D eigenvalue weighted by Gasteiger charge is -2.42. The number of nitrogens with two attached hydrogens (primary N) is 1. The predicted molar refractivity (Wildman–Crippen MR) is 122 cm³/mol. The third-order valence-corrected chi connectivity index (χ3v) is 6.69. The molecule has 162 valence electrons. The van der Waals surface area contributed by atoms with Gasteiger partial charge in [-0.3, -0.25) is 9.88 Å². The molecule has 0 radical (unpaired) electrons. The van der Waals surface area contributed by atoms with Crippen molar-refractivity contribution < 1.29 is 4.74 Å². The third kappa shape index (κ3) is 4.52. The fourth-order valence-electron chi connectivity index (χ4n) is 4.76. The topological polar surface area (TPSA) is 79.3 Å². The number of ether oxygens (including phenoxy) is 1. The second-order valence-corrected chi connectivity index (χ2v) is 8.89. The largest absolute Gasteiger partial charge is 0.490 e. The van der Waals surface area contributed by atoms with Crippen molar-refractivity contribution in [1.29, 1.82) is 0 Å². The number of hydrogen-bond donors (Lipinski definition) is 1. The van der Waals surface area contributed by atoms with Crippen molar-refractivity contribution in [3.05, 3.63) is 58.9 Å². The molecular weight excluding hydrogens is 412 g/mol. The maximum atomic E-state index is 6.20. The van der Waals surface area contributed by atoms with Crippen LogP contribution in [0.4, 0.5) is 0 Å². The Morgan fingerprint density at radius 3 is 2.65 bits per heavy atom. The fourth-order valence-corrected chi connectivity index (χ4v) is 4.88. The Morgan fingerprint density at radius 2 is 1.90 bits per heavy atom. The van der Waals surface area contributed by atoms with E-state index in [0.717, 1.165) is 55.5 Å². The Morgan fingerprint density at radius 1 is 1.10 bits per heavy atom. The van der Waals surface area contributed by atoms with Gasteiger partial charge in [0.1, 0.15) is 24.0 Å². The van der Waals surface area contributed by atoms with Crippen LogP contribution in [0, 0.1) is 0 Å². The minimum atomic E-state index is 0.285. The van der Waals surface area contributed by atoms with Gasteiger partial charge in [0, 0.05) is 48.5 Å². The van der Waals surface area contributed by atoms with Gasteiger partial charge in [-0.05, 0) is 43.0 Å². The molecule has 2 N–H and O–H groups in total.